The van der Waals surface area contributed by atoms with E-state index in [9.17, 15) is 0 Å². The van der Waals surface area contributed by atoms with Gasteiger partial charge in [0.25, 0.3) is 0 Å². The summed E-state index contributed by atoms with van der Waals surface area (Å²) in [6.07, 6.45) is 4.32. The molecule has 0 amide bonds. The van der Waals surface area contributed by atoms with Gasteiger partial charge in [-0.15, -0.1) is 10.2 Å². The summed E-state index contributed by atoms with van der Waals surface area (Å²) in [5.41, 5.74) is 0. The van der Waals surface area contributed by atoms with Crippen LogP contribution in [0.2, 0.25) is 0 Å². The molecule has 0 aliphatic carbocycles. The zero-order chi connectivity index (χ0) is 8.81. The number of aromatic nitrogens is 4. The molecule has 0 N–H and O–H groups in total. The molecule has 0 aromatic carbocycles. The van der Waals surface area contributed by atoms with Crippen molar-refractivity contribution in [1.29, 1.82) is 0 Å². The third-order valence-electron chi connectivity index (χ3n) is 1.68. The summed E-state index contributed by atoms with van der Waals surface area (Å²) in [4.78, 5) is 1.69. The molecule has 0 aliphatic heterocycles. The molecule has 1 rings (SSSR count). The molecule has 0 bridgehead atoms. The van der Waals surface area contributed by atoms with E-state index < -0.39 is 0 Å². The smallest absolute Gasteiger partial charge is 0.164 e. The second kappa shape index (κ2) is 4.85. The number of hydrogen-bond acceptors (Lipinski definition) is 3. The van der Waals surface area contributed by atoms with E-state index in [1.165, 1.54) is 6.42 Å². The lowest BCUT2D eigenvalue weighted by Crippen LogP contribution is -2.02. The van der Waals surface area contributed by atoms with Crippen molar-refractivity contribution < 1.29 is 0 Å². The fraction of sp³-hybridized carbons (Fsp3) is 0.875. The van der Waals surface area contributed by atoms with Crippen LogP contribution in [0.5, 0.6) is 0 Å². The van der Waals surface area contributed by atoms with Gasteiger partial charge in [-0.25, -0.2) is 0 Å². The SMILES string of the molecule is CCCCn1nnc(CCC)n1. The first-order chi connectivity index (χ1) is 5.86. The molecule has 0 unspecified atom stereocenters. The fourth-order valence-corrected chi connectivity index (χ4v) is 0.994. The third kappa shape index (κ3) is 2.60. The maximum absolute atomic E-state index is 4.23. The Kier molecular flexibility index (Phi) is 3.70. The molecule has 1 aromatic rings. The van der Waals surface area contributed by atoms with Crippen molar-refractivity contribution in [3.05, 3.63) is 5.82 Å². The summed E-state index contributed by atoms with van der Waals surface area (Å²) in [5, 5.41) is 12.1. The minimum atomic E-state index is 0.869. The van der Waals surface area contributed by atoms with Gasteiger partial charge in [-0.05, 0) is 18.1 Å². The van der Waals surface area contributed by atoms with Gasteiger partial charge in [0.2, 0.25) is 0 Å². The summed E-state index contributed by atoms with van der Waals surface area (Å²) in [7, 11) is 0. The highest BCUT2D eigenvalue weighted by molar-refractivity contribution is 4.75. The molecule has 0 saturated heterocycles. The van der Waals surface area contributed by atoms with Gasteiger partial charge in [0.1, 0.15) is 0 Å². The Hall–Kier alpha value is -0.930. The van der Waals surface area contributed by atoms with E-state index in [0.717, 1.165) is 31.6 Å². The summed E-state index contributed by atoms with van der Waals surface area (Å²) >= 11 is 0. The molecular formula is C8H16N4. The average molecular weight is 168 g/mol. The van der Waals surface area contributed by atoms with Crippen molar-refractivity contribution in [3.63, 3.8) is 0 Å². The van der Waals surface area contributed by atoms with Gasteiger partial charge in [0.05, 0.1) is 6.54 Å². The molecule has 4 nitrogen and oxygen atoms in total. The van der Waals surface area contributed by atoms with Gasteiger partial charge >= 0.3 is 0 Å². The third-order valence-corrected chi connectivity index (χ3v) is 1.68. The largest absolute Gasteiger partial charge is 0.174 e. The predicted octanol–water partition coefficient (Wildman–Crippen LogP) is 1.43. The van der Waals surface area contributed by atoms with Crippen LogP contribution in [-0.2, 0) is 13.0 Å². The molecule has 12 heavy (non-hydrogen) atoms. The number of nitrogens with zero attached hydrogens (tertiary/aromatic N) is 4. The molecule has 1 aromatic heterocycles. The zero-order valence-corrected chi connectivity index (χ0v) is 7.82. The lowest BCUT2D eigenvalue weighted by atomic mass is 10.3. The number of rotatable bonds is 5. The predicted molar refractivity (Wildman–Crippen MR) is 46.7 cm³/mol. The first-order valence-corrected chi connectivity index (χ1v) is 4.63. The highest BCUT2D eigenvalue weighted by Gasteiger charge is 1.99. The van der Waals surface area contributed by atoms with E-state index in [1.54, 1.807) is 4.80 Å². The Morgan fingerprint density at radius 3 is 2.75 bits per heavy atom. The molecular weight excluding hydrogens is 152 g/mol. The van der Waals surface area contributed by atoms with E-state index in [2.05, 4.69) is 29.3 Å². The van der Waals surface area contributed by atoms with Crippen molar-refractivity contribution in [1.82, 2.24) is 20.2 Å². The number of tetrazole rings is 1. The quantitative estimate of drug-likeness (QED) is 0.668. The van der Waals surface area contributed by atoms with E-state index in [-0.39, 0.29) is 0 Å². The first kappa shape index (κ1) is 9.16. The maximum atomic E-state index is 4.23. The molecule has 0 fully saturated rings. The average Bonchev–Trinajstić information content (AvgIpc) is 2.50. The molecule has 0 aliphatic rings. The topological polar surface area (TPSA) is 43.6 Å². The number of hydrogen-bond donors (Lipinski definition) is 0. The molecule has 0 radical (unpaired) electrons. The molecule has 4 heteroatoms. The second-order valence-corrected chi connectivity index (χ2v) is 2.91. The Morgan fingerprint density at radius 2 is 2.08 bits per heavy atom. The van der Waals surface area contributed by atoms with Crippen LogP contribution in [0.4, 0.5) is 0 Å². The zero-order valence-electron chi connectivity index (χ0n) is 7.82. The number of unbranched alkanes of at least 4 members (excludes halogenated alkanes) is 1. The van der Waals surface area contributed by atoms with Crippen LogP contribution in [0.25, 0.3) is 0 Å². The van der Waals surface area contributed by atoms with Crippen molar-refractivity contribution >= 4 is 0 Å². The fourth-order valence-electron chi connectivity index (χ4n) is 0.994. The highest BCUT2D eigenvalue weighted by Crippen LogP contribution is 1.94. The van der Waals surface area contributed by atoms with Gasteiger partial charge in [-0.1, -0.05) is 20.3 Å². The van der Waals surface area contributed by atoms with Gasteiger partial charge in [0.15, 0.2) is 5.82 Å². The Balaban J connectivity index is 2.41. The minimum absolute atomic E-state index is 0.869. The summed E-state index contributed by atoms with van der Waals surface area (Å²) < 4.78 is 0. The summed E-state index contributed by atoms with van der Waals surface area (Å²) in [5.74, 6) is 0.869. The minimum Gasteiger partial charge on any atom is -0.164 e. The second-order valence-electron chi connectivity index (χ2n) is 2.91. The van der Waals surface area contributed by atoms with E-state index in [0.29, 0.717) is 0 Å². The van der Waals surface area contributed by atoms with Gasteiger partial charge < -0.3 is 0 Å². The van der Waals surface area contributed by atoms with Crippen molar-refractivity contribution in [3.8, 4) is 0 Å². The Bertz CT molecular complexity index is 219. The summed E-state index contributed by atoms with van der Waals surface area (Å²) in [6.45, 7) is 5.17. The van der Waals surface area contributed by atoms with E-state index in [1.807, 2.05) is 0 Å². The monoisotopic (exact) mass is 168 g/mol. The van der Waals surface area contributed by atoms with E-state index in [4.69, 9.17) is 0 Å². The van der Waals surface area contributed by atoms with Crippen LogP contribution in [0.3, 0.4) is 0 Å². The van der Waals surface area contributed by atoms with Gasteiger partial charge in [-0.3, -0.25) is 0 Å². The van der Waals surface area contributed by atoms with Crippen LogP contribution in [0.15, 0.2) is 0 Å². The first-order valence-electron chi connectivity index (χ1n) is 4.63. The Labute approximate surface area is 73.0 Å². The molecule has 0 atom stereocenters. The van der Waals surface area contributed by atoms with Crippen molar-refractivity contribution in [2.45, 2.75) is 46.1 Å². The molecule has 0 saturated carbocycles. The van der Waals surface area contributed by atoms with Gasteiger partial charge in [-0.2, -0.15) is 4.80 Å². The van der Waals surface area contributed by atoms with Crippen molar-refractivity contribution in [2.24, 2.45) is 0 Å². The molecule has 68 valence electrons. The van der Waals surface area contributed by atoms with Crippen molar-refractivity contribution in [2.75, 3.05) is 0 Å². The lowest BCUT2D eigenvalue weighted by Gasteiger charge is -1.93. The van der Waals surface area contributed by atoms with Gasteiger partial charge in [0, 0.05) is 6.42 Å². The highest BCUT2D eigenvalue weighted by atomic mass is 15.6. The van der Waals surface area contributed by atoms with Crippen LogP contribution < -0.4 is 0 Å². The van der Waals surface area contributed by atoms with E-state index >= 15 is 0 Å². The Morgan fingerprint density at radius 1 is 1.25 bits per heavy atom. The standard InChI is InChI=1S/C8H16N4/c1-3-5-7-12-10-8(6-4-2)9-11-12/h3-7H2,1-2H3. The number of aryl methyl sites for hydroxylation is 2. The molecule has 1 heterocycles. The lowest BCUT2D eigenvalue weighted by molar-refractivity contribution is 0.494. The van der Waals surface area contributed by atoms with Crippen LogP contribution >= 0.6 is 0 Å². The summed E-state index contributed by atoms with van der Waals surface area (Å²) in [6, 6.07) is 0. The van der Waals surface area contributed by atoms with Crippen LogP contribution in [0.1, 0.15) is 38.9 Å². The maximum Gasteiger partial charge on any atom is 0.174 e. The normalized spacial score (nSPS) is 10.5. The van der Waals surface area contributed by atoms with Crippen LogP contribution in [-0.4, -0.2) is 20.2 Å². The van der Waals surface area contributed by atoms with Crippen LogP contribution in [0, 0.1) is 0 Å². The molecule has 0 spiro atoms.